The summed E-state index contributed by atoms with van der Waals surface area (Å²) in [6.45, 7) is 0. The predicted molar refractivity (Wildman–Crippen MR) is 55.9 cm³/mol. The fourth-order valence-electron chi connectivity index (χ4n) is 1.31. The van der Waals surface area contributed by atoms with E-state index in [9.17, 15) is 13.6 Å². The molecule has 0 atom stereocenters. The van der Waals surface area contributed by atoms with Crippen LogP contribution in [0.15, 0.2) is 18.2 Å². The number of benzene rings is 1. The van der Waals surface area contributed by atoms with Gasteiger partial charge < -0.3 is 5.11 Å². The molecule has 2 aromatic rings. The van der Waals surface area contributed by atoms with Crippen LogP contribution in [-0.2, 0) is 0 Å². The van der Waals surface area contributed by atoms with E-state index in [0.29, 0.717) is 6.07 Å². The molecule has 2 rings (SSSR count). The molecule has 0 unspecified atom stereocenters. The fraction of sp³-hybridized carbons (Fsp3) is 0. The summed E-state index contributed by atoms with van der Waals surface area (Å²) in [5.74, 6) is -2.97. The van der Waals surface area contributed by atoms with Crippen molar-refractivity contribution in [1.82, 2.24) is 10.2 Å². The third-order valence-electron chi connectivity index (χ3n) is 2.08. The molecule has 17 heavy (non-hydrogen) atoms. The van der Waals surface area contributed by atoms with Crippen molar-refractivity contribution in [2.24, 2.45) is 0 Å². The Morgan fingerprint density at radius 2 is 2.06 bits per heavy atom. The van der Waals surface area contributed by atoms with Gasteiger partial charge in [-0.15, -0.1) is 0 Å². The van der Waals surface area contributed by atoms with Crippen LogP contribution in [0.3, 0.4) is 0 Å². The fourth-order valence-corrected chi connectivity index (χ4v) is 1.52. The van der Waals surface area contributed by atoms with Gasteiger partial charge in [0.05, 0.1) is 10.7 Å². The van der Waals surface area contributed by atoms with Crippen LogP contribution in [0, 0.1) is 11.6 Å². The van der Waals surface area contributed by atoms with Crippen molar-refractivity contribution in [2.45, 2.75) is 0 Å². The number of aromatic carboxylic acids is 1. The zero-order chi connectivity index (χ0) is 12.6. The van der Waals surface area contributed by atoms with E-state index in [1.165, 1.54) is 0 Å². The number of carbonyl (C=O) groups is 1. The Bertz CT molecular complexity index is 598. The molecule has 4 nitrogen and oxygen atoms in total. The summed E-state index contributed by atoms with van der Waals surface area (Å²) in [6.07, 6.45) is 0. The number of hydrogen-bond acceptors (Lipinski definition) is 2. The van der Waals surface area contributed by atoms with Gasteiger partial charge in [-0.2, -0.15) is 5.10 Å². The lowest BCUT2D eigenvalue weighted by Crippen LogP contribution is -1.95. The van der Waals surface area contributed by atoms with E-state index in [2.05, 4.69) is 10.2 Å². The zero-order valence-corrected chi connectivity index (χ0v) is 8.92. The third-order valence-corrected chi connectivity index (χ3v) is 2.46. The number of H-pyrrole nitrogens is 1. The first-order valence-corrected chi connectivity index (χ1v) is 4.80. The van der Waals surface area contributed by atoms with Gasteiger partial charge in [0.15, 0.2) is 0 Å². The van der Waals surface area contributed by atoms with Crippen molar-refractivity contribution >= 4 is 17.6 Å². The molecule has 0 fully saturated rings. The van der Waals surface area contributed by atoms with Crippen LogP contribution in [0.25, 0.3) is 11.3 Å². The minimum Gasteiger partial charge on any atom is -0.477 e. The van der Waals surface area contributed by atoms with Crippen LogP contribution in [0.2, 0.25) is 5.02 Å². The van der Waals surface area contributed by atoms with Crippen LogP contribution >= 0.6 is 11.6 Å². The van der Waals surface area contributed by atoms with Crippen molar-refractivity contribution in [3.05, 3.63) is 40.6 Å². The lowest BCUT2D eigenvalue weighted by atomic mass is 10.1. The second-order valence-corrected chi connectivity index (χ2v) is 3.60. The minimum absolute atomic E-state index is 0.00656. The minimum atomic E-state index is -1.23. The molecule has 0 spiro atoms. The number of hydrogen-bond donors (Lipinski definition) is 2. The lowest BCUT2D eigenvalue weighted by Gasteiger charge is -2.01. The molecule has 7 heteroatoms. The Morgan fingerprint density at radius 1 is 1.35 bits per heavy atom. The highest BCUT2D eigenvalue weighted by molar-refractivity contribution is 6.33. The number of nitrogens with one attached hydrogen (secondary N) is 1. The number of carboxylic acids is 1. The van der Waals surface area contributed by atoms with Crippen molar-refractivity contribution < 1.29 is 18.7 Å². The second-order valence-electron chi connectivity index (χ2n) is 3.22. The van der Waals surface area contributed by atoms with Gasteiger partial charge >= 0.3 is 5.97 Å². The van der Waals surface area contributed by atoms with Gasteiger partial charge in [-0.3, -0.25) is 5.10 Å². The van der Waals surface area contributed by atoms with Gasteiger partial charge in [0.1, 0.15) is 17.3 Å². The molecular weight excluding hydrogens is 254 g/mol. The van der Waals surface area contributed by atoms with Crippen molar-refractivity contribution in [3.8, 4) is 11.3 Å². The van der Waals surface area contributed by atoms with Gasteiger partial charge in [-0.1, -0.05) is 11.6 Å². The molecule has 0 aliphatic rings. The van der Waals surface area contributed by atoms with Crippen LogP contribution in [0.5, 0.6) is 0 Å². The summed E-state index contributed by atoms with van der Waals surface area (Å²) in [5, 5.41) is 14.2. The van der Waals surface area contributed by atoms with E-state index in [1.54, 1.807) is 0 Å². The standard InChI is InChI=1S/C10H5ClF2N2O2/c11-9-5(1-4(12)2-6(9)13)7-3-8(10(16)17)15-14-7/h1-3H,(H,14,15)(H,16,17). The molecule has 0 amide bonds. The third kappa shape index (κ3) is 2.12. The highest BCUT2D eigenvalue weighted by Gasteiger charge is 2.15. The van der Waals surface area contributed by atoms with E-state index >= 15 is 0 Å². The van der Waals surface area contributed by atoms with Crippen LogP contribution in [-0.4, -0.2) is 21.3 Å². The molecule has 1 aromatic carbocycles. The Labute approximate surface area is 98.8 Å². The largest absolute Gasteiger partial charge is 0.477 e. The zero-order valence-electron chi connectivity index (χ0n) is 8.17. The molecule has 0 radical (unpaired) electrons. The summed E-state index contributed by atoms with van der Waals surface area (Å²) >= 11 is 5.65. The van der Waals surface area contributed by atoms with E-state index in [-0.39, 0.29) is 22.0 Å². The normalized spacial score (nSPS) is 10.5. The number of carboxylic acid groups (broad SMARTS) is 1. The first-order chi connectivity index (χ1) is 7.99. The van der Waals surface area contributed by atoms with Gasteiger partial charge in [0, 0.05) is 11.6 Å². The Kier molecular flexibility index (Phi) is 2.81. The lowest BCUT2D eigenvalue weighted by molar-refractivity contribution is 0.0690. The summed E-state index contributed by atoms with van der Waals surface area (Å²) < 4.78 is 26.2. The molecule has 1 heterocycles. The number of rotatable bonds is 2. The summed E-state index contributed by atoms with van der Waals surface area (Å²) in [7, 11) is 0. The topological polar surface area (TPSA) is 66.0 Å². The maximum atomic E-state index is 13.2. The summed E-state index contributed by atoms with van der Waals surface area (Å²) in [4.78, 5) is 10.6. The first kappa shape index (κ1) is 11.5. The monoisotopic (exact) mass is 258 g/mol. The Balaban J connectivity index is 2.56. The molecule has 88 valence electrons. The average molecular weight is 259 g/mol. The van der Waals surface area contributed by atoms with E-state index < -0.39 is 17.6 Å². The number of aromatic nitrogens is 2. The van der Waals surface area contributed by atoms with Crippen molar-refractivity contribution in [2.75, 3.05) is 0 Å². The van der Waals surface area contributed by atoms with Crippen LogP contribution < -0.4 is 0 Å². The maximum Gasteiger partial charge on any atom is 0.353 e. The van der Waals surface area contributed by atoms with Crippen molar-refractivity contribution in [3.63, 3.8) is 0 Å². The molecular formula is C10H5ClF2N2O2. The quantitative estimate of drug-likeness (QED) is 0.814. The number of aromatic amines is 1. The highest BCUT2D eigenvalue weighted by Crippen LogP contribution is 2.30. The molecule has 0 aliphatic carbocycles. The molecule has 0 saturated heterocycles. The highest BCUT2D eigenvalue weighted by atomic mass is 35.5. The van der Waals surface area contributed by atoms with E-state index in [1.807, 2.05) is 0 Å². The second kappa shape index (κ2) is 4.14. The molecule has 2 N–H and O–H groups in total. The number of halogens is 3. The molecule has 0 saturated carbocycles. The van der Waals surface area contributed by atoms with Crippen LogP contribution in [0.1, 0.15) is 10.5 Å². The molecule has 0 bridgehead atoms. The first-order valence-electron chi connectivity index (χ1n) is 4.42. The van der Waals surface area contributed by atoms with Crippen LogP contribution in [0.4, 0.5) is 8.78 Å². The number of nitrogens with zero attached hydrogens (tertiary/aromatic N) is 1. The Hall–Kier alpha value is -1.95. The van der Waals surface area contributed by atoms with Gasteiger partial charge in [-0.05, 0) is 12.1 Å². The van der Waals surface area contributed by atoms with E-state index in [0.717, 1.165) is 12.1 Å². The summed E-state index contributed by atoms with van der Waals surface area (Å²) in [5.41, 5.74) is -0.139. The maximum absolute atomic E-state index is 13.2. The predicted octanol–water partition coefficient (Wildman–Crippen LogP) is 2.71. The SMILES string of the molecule is O=C(O)c1cc(-c2cc(F)cc(F)c2Cl)n[nH]1. The average Bonchev–Trinajstić information content (AvgIpc) is 2.72. The van der Waals surface area contributed by atoms with Gasteiger partial charge in [0.25, 0.3) is 0 Å². The van der Waals surface area contributed by atoms with Crippen molar-refractivity contribution in [1.29, 1.82) is 0 Å². The smallest absolute Gasteiger partial charge is 0.353 e. The summed E-state index contributed by atoms with van der Waals surface area (Å²) in [6, 6.07) is 2.76. The molecule has 0 aliphatic heterocycles. The molecule has 1 aromatic heterocycles. The van der Waals surface area contributed by atoms with E-state index in [4.69, 9.17) is 16.7 Å². The Morgan fingerprint density at radius 3 is 2.65 bits per heavy atom. The van der Waals surface area contributed by atoms with Gasteiger partial charge in [-0.25, -0.2) is 13.6 Å². The van der Waals surface area contributed by atoms with Gasteiger partial charge in [0.2, 0.25) is 0 Å².